The third-order valence-corrected chi connectivity index (χ3v) is 2.17. The van der Waals surface area contributed by atoms with Crippen LogP contribution in [0.2, 0.25) is 0 Å². The Morgan fingerprint density at radius 1 is 1.17 bits per heavy atom. The maximum Gasteiger partial charge on any atom is 0.0536 e. The van der Waals surface area contributed by atoms with Gasteiger partial charge in [-0.1, -0.05) is 31.9 Å². The number of rotatable bonds is 1. The van der Waals surface area contributed by atoms with E-state index in [9.17, 15) is 0 Å². The number of nitrogens with zero attached hydrogens (tertiary/aromatic N) is 1. The van der Waals surface area contributed by atoms with Crippen LogP contribution >= 0.6 is 44.3 Å². The average molecular weight is 316 g/mol. The first-order valence-corrected chi connectivity index (χ1v) is 4.63. The summed E-state index contributed by atoms with van der Waals surface area (Å²) in [5.41, 5.74) is 0.964. The fourth-order valence-electron chi connectivity index (χ4n) is 0.743. The predicted molar refractivity (Wildman–Crippen MR) is 61.7 cm³/mol. The molecule has 1 aromatic carbocycles. The number of halogens is 3. The quantitative estimate of drug-likeness (QED) is 0.637. The van der Waals surface area contributed by atoms with Crippen LogP contribution in [0.4, 0.5) is 5.69 Å². The summed E-state index contributed by atoms with van der Waals surface area (Å²) in [5, 5.41) is 1.56. The minimum absolute atomic E-state index is 0. The molecule has 0 radical (unpaired) electrons. The molecule has 2 N–H and O–H groups in total. The van der Waals surface area contributed by atoms with Crippen LogP contribution in [0.5, 0.6) is 0 Å². The highest BCUT2D eigenvalue weighted by Crippen LogP contribution is 2.23. The Kier molecular flexibility index (Phi) is 5.16. The van der Waals surface area contributed by atoms with E-state index in [1.54, 1.807) is 12.1 Å². The van der Waals surface area contributed by atoms with Gasteiger partial charge < -0.3 is 5.01 Å². The number of benzene rings is 1. The second kappa shape index (κ2) is 5.07. The van der Waals surface area contributed by atoms with Gasteiger partial charge in [-0.05, 0) is 18.2 Å². The van der Waals surface area contributed by atoms with Crippen molar-refractivity contribution in [3.8, 4) is 0 Å². The van der Waals surface area contributed by atoms with Crippen molar-refractivity contribution in [1.82, 2.24) is 0 Å². The fourth-order valence-corrected chi connectivity index (χ4v) is 2.01. The number of nitrogens with two attached hydrogens (primary N) is 1. The molecule has 12 heavy (non-hydrogen) atoms. The van der Waals surface area contributed by atoms with Gasteiger partial charge in [0.15, 0.2) is 0 Å². The first-order chi connectivity index (χ1) is 5.09. The third kappa shape index (κ3) is 3.31. The summed E-state index contributed by atoms with van der Waals surface area (Å²) >= 11 is 6.74. The summed E-state index contributed by atoms with van der Waals surface area (Å²) in [5.74, 6) is 5.54. The molecule has 0 atom stereocenters. The smallest absolute Gasteiger partial charge is 0.0536 e. The van der Waals surface area contributed by atoms with E-state index in [0.717, 1.165) is 14.6 Å². The molecule has 0 aliphatic rings. The zero-order valence-electron chi connectivity index (χ0n) is 6.42. The molecule has 0 aromatic heterocycles. The molecule has 0 unspecified atom stereocenters. The average Bonchev–Trinajstić information content (AvgIpc) is 1.85. The molecule has 0 bridgehead atoms. The summed E-state index contributed by atoms with van der Waals surface area (Å²) < 4.78 is 2.03. The summed E-state index contributed by atoms with van der Waals surface area (Å²) in [6.07, 6.45) is 0. The minimum atomic E-state index is 0. The molecule has 0 saturated heterocycles. The molecule has 68 valence electrons. The Morgan fingerprint density at radius 2 is 1.58 bits per heavy atom. The van der Waals surface area contributed by atoms with Gasteiger partial charge in [-0.3, -0.25) is 0 Å². The molecule has 0 saturated carbocycles. The summed E-state index contributed by atoms with van der Waals surface area (Å²) in [4.78, 5) is 0. The van der Waals surface area contributed by atoms with Crippen LogP contribution in [0.25, 0.3) is 0 Å². The van der Waals surface area contributed by atoms with Crippen molar-refractivity contribution in [2.75, 3.05) is 12.1 Å². The van der Waals surface area contributed by atoms with Crippen molar-refractivity contribution in [3.63, 3.8) is 0 Å². The molecule has 0 aliphatic carbocycles. The zero-order chi connectivity index (χ0) is 8.43. The van der Waals surface area contributed by atoms with E-state index < -0.39 is 0 Å². The highest BCUT2D eigenvalue weighted by molar-refractivity contribution is 9.11. The van der Waals surface area contributed by atoms with E-state index in [2.05, 4.69) is 31.9 Å². The fraction of sp³-hybridized carbons (Fsp3) is 0.143. The Hall–Kier alpha value is 0.230. The van der Waals surface area contributed by atoms with Crippen LogP contribution in [-0.2, 0) is 0 Å². The highest BCUT2D eigenvalue weighted by atomic mass is 79.9. The summed E-state index contributed by atoms with van der Waals surface area (Å²) in [6.45, 7) is 0. The number of hydrogen-bond donors (Lipinski definition) is 1. The Balaban J connectivity index is 0.00000121. The van der Waals surface area contributed by atoms with E-state index in [-0.39, 0.29) is 12.4 Å². The van der Waals surface area contributed by atoms with Gasteiger partial charge in [0.05, 0.1) is 5.69 Å². The second-order valence-corrected chi connectivity index (χ2v) is 4.07. The van der Waals surface area contributed by atoms with Gasteiger partial charge in [0.25, 0.3) is 0 Å². The lowest BCUT2D eigenvalue weighted by molar-refractivity contribution is 1.02. The van der Waals surface area contributed by atoms with E-state index in [4.69, 9.17) is 5.84 Å². The summed E-state index contributed by atoms with van der Waals surface area (Å²) in [7, 11) is 1.80. The van der Waals surface area contributed by atoms with Crippen LogP contribution in [0.3, 0.4) is 0 Å². The highest BCUT2D eigenvalue weighted by Gasteiger charge is 1.98. The Bertz CT molecular complexity index is 245. The number of anilines is 1. The van der Waals surface area contributed by atoms with Crippen LogP contribution in [0.15, 0.2) is 27.1 Å². The van der Waals surface area contributed by atoms with Gasteiger partial charge in [-0.2, -0.15) is 0 Å². The Morgan fingerprint density at radius 3 is 1.92 bits per heavy atom. The number of hydrazine groups is 1. The van der Waals surface area contributed by atoms with Crippen molar-refractivity contribution in [3.05, 3.63) is 27.1 Å². The molecule has 2 nitrogen and oxygen atoms in total. The van der Waals surface area contributed by atoms with Crippen molar-refractivity contribution < 1.29 is 0 Å². The molecule has 0 amide bonds. The summed E-state index contributed by atoms with van der Waals surface area (Å²) in [6, 6.07) is 5.86. The molecular formula is C7H9Br2ClN2. The molecule has 0 spiro atoms. The lowest BCUT2D eigenvalue weighted by atomic mass is 10.3. The van der Waals surface area contributed by atoms with Gasteiger partial charge in [0.2, 0.25) is 0 Å². The SMILES string of the molecule is CN(N)c1cc(Br)cc(Br)c1.Cl. The molecule has 0 fully saturated rings. The largest absolute Gasteiger partial charge is 0.314 e. The molecule has 0 heterocycles. The Labute approximate surface area is 94.8 Å². The van der Waals surface area contributed by atoms with E-state index in [1.807, 2.05) is 18.2 Å². The van der Waals surface area contributed by atoms with Crippen molar-refractivity contribution in [1.29, 1.82) is 0 Å². The first-order valence-electron chi connectivity index (χ1n) is 3.04. The van der Waals surface area contributed by atoms with E-state index in [0.29, 0.717) is 0 Å². The van der Waals surface area contributed by atoms with Crippen LogP contribution in [-0.4, -0.2) is 7.05 Å². The molecule has 0 aliphatic heterocycles. The van der Waals surface area contributed by atoms with Crippen LogP contribution in [0.1, 0.15) is 0 Å². The number of hydrogen-bond acceptors (Lipinski definition) is 2. The molecule has 5 heteroatoms. The molecular weight excluding hydrogens is 307 g/mol. The van der Waals surface area contributed by atoms with Crippen molar-refractivity contribution in [2.24, 2.45) is 5.84 Å². The van der Waals surface area contributed by atoms with E-state index >= 15 is 0 Å². The maximum atomic E-state index is 5.54. The first kappa shape index (κ1) is 12.2. The maximum absolute atomic E-state index is 5.54. The zero-order valence-corrected chi connectivity index (χ0v) is 10.4. The third-order valence-electron chi connectivity index (χ3n) is 1.25. The lowest BCUT2D eigenvalue weighted by Crippen LogP contribution is -2.24. The van der Waals surface area contributed by atoms with Gasteiger partial charge in [0, 0.05) is 16.0 Å². The molecule has 1 aromatic rings. The second-order valence-electron chi connectivity index (χ2n) is 2.24. The minimum Gasteiger partial charge on any atom is -0.314 e. The molecule has 1 rings (SSSR count). The van der Waals surface area contributed by atoms with Crippen LogP contribution < -0.4 is 10.9 Å². The van der Waals surface area contributed by atoms with Crippen molar-refractivity contribution >= 4 is 50.0 Å². The standard InChI is InChI=1S/C7H8Br2N2.ClH/c1-11(10)7-3-5(8)2-6(9)4-7;/h2-4H,10H2,1H3;1H. The van der Waals surface area contributed by atoms with Gasteiger partial charge in [-0.25, -0.2) is 5.84 Å². The van der Waals surface area contributed by atoms with Gasteiger partial charge in [0.1, 0.15) is 0 Å². The van der Waals surface area contributed by atoms with E-state index in [1.165, 1.54) is 0 Å². The predicted octanol–water partition coefficient (Wildman–Crippen LogP) is 2.94. The van der Waals surface area contributed by atoms with Gasteiger partial charge in [-0.15, -0.1) is 12.4 Å². The van der Waals surface area contributed by atoms with Gasteiger partial charge >= 0.3 is 0 Å². The lowest BCUT2D eigenvalue weighted by Gasteiger charge is -2.12. The van der Waals surface area contributed by atoms with Crippen LogP contribution in [0, 0.1) is 0 Å². The monoisotopic (exact) mass is 314 g/mol. The normalized spacial score (nSPS) is 9.00. The topological polar surface area (TPSA) is 29.3 Å². The van der Waals surface area contributed by atoms with Crippen molar-refractivity contribution in [2.45, 2.75) is 0 Å².